The van der Waals surface area contributed by atoms with Gasteiger partial charge in [0.15, 0.2) is 6.61 Å². The second-order valence-corrected chi connectivity index (χ2v) is 3.93. The largest absolute Gasteiger partial charge is 0.468 e. The number of hydrogen-bond acceptors (Lipinski definition) is 4. The Balaban J connectivity index is 2.06. The van der Waals surface area contributed by atoms with Gasteiger partial charge in [0, 0.05) is 6.07 Å². The third-order valence-corrected chi connectivity index (χ3v) is 2.20. The summed E-state index contributed by atoms with van der Waals surface area (Å²) in [5.41, 5.74) is 0.563. The number of ether oxygens (including phenoxy) is 1. The summed E-state index contributed by atoms with van der Waals surface area (Å²) >= 11 is 3.08. The van der Waals surface area contributed by atoms with Crippen LogP contribution in [-0.2, 0) is 0 Å². The molecule has 2 heterocycles. The standard InChI is InChI=1S/C9H6BrF3N4O/c10-8-15-5-17(16-8)6-1-2-7(14-3-6)18-4-9(11,12)13/h1-3,5H,4H2. The number of nitrogens with zero attached hydrogens (tertiary/aromatic N) is 4. The van der Waals surface area contributed by atoms with Gasteiger partial charge in [0.25, 0.3) is 0 Å². The van der Waals surface area contributed by atoms with Crippen LogP contribution in [0.3, 0.4) is 0 Å². The Morgan fingerprint density at radius 1 is 1.28 bits per heavy atom. The van der Waals surface area contributed by atoms with Crippen LogP contribution in [0.25, 0.3) is 5.69 Å². The maximum atomic E-state index is 11.9. The van der Waals surface area contributed by atoms with Crippen LogP contribution >= 0.6 is 15.9 Å². The van der Waals surface area contributed by atoms with E-state index in [-0.39, 0.29) is 5.88 Å². The molecule has 0 spiro atoms. The quantitative estimate of drug-likeness (QED) is 0.870. The van der Waals surface area contributed by atoms with E-state index in [1.165, 1.54) is 29.3 Å². The monoisotopic (exact) mass is 322 g/mol. The van der Waals surface area contributed by atoms with Gasteiger partial charge in [0.2, 0.25) is 10.6 Å². The van der Waals surface area contributed by atoms with Crippen LogP contribution < -0.4 is 4.74 Å². The smallest absolute Gasteiger partial charge is 0.422 e. The topological polar surface area (TPSA) is 52.8 Å². The van der Waals surface area contributed by atoms with E-state index in [2.05, 4.69) is 35.7 Å². The Kier molecular flexibility index (Phi) is 3.50. The summed E-state index contributed by atoms with van der Waals surface area (Å²) in [5, 5.41) is 3.96. The summed E-state index contributed by atoms with van der Waals surface area (Å²) in [6, 6.07) is 2.86. The van der Waals surface area contributed by atoms with Gasteiger partial charge in [-0.3, -0.25) is 0 Å². The first-order valence-corrected chi connectivity index (χ1v) is 5.46. The Bertz CT molecular complexity index is 525. The lowest BCUT2D eigenvalue weighted by Gasteiger charge is -2.08. The van der Waals surface area contributed by atoms with Crippen molar-refractivity contribution in [2.45, 2.75) is 6.18 Å². The van der Waals surface area contributed by atoms with Gasteiger partial charge in [-0.05, 0) is 22.0 Å². The van der Waals surface area contributed by atoms with Crippen LogP contribution in [0.4, 0.5) is 13.2 Å². The molecule has 2 rings (SSSR count). The van der Waals surface area contributed by atoms with Crippen LogP contribution in [0.1, 0.15) is 0 Å². The van der Waals surface area contributed by atoms with Crippen LogP contribution in [0.2, 0.25) is 0 Å². The number of halogens is 4. The summed E-state index contributed by atoms with van der Waals surface area (Å²) < 4.78 is 42.0. The van der Waals surface area contributed by atoms with E-state index in [4.69, 9.17) is 0 Å². The molecular formula is C9H6BrF3N4O. The molecule has 2 aromatic rings. The SMILES string of the molecule is FC(F)(F)COc1ccc(-n2cnc(Br)n2)cn1. The maximum Gasteiger partial charge on any atom is 0.422 e. The van der Waals surface area contributed by atoms with Crippen LogP contribution in [0, 0.1) is 0 Å². The molecule has 0 radical (unpaired) electrons. The van der Waals surface area contributed by atoms with Crippen molar-refractivity contribution in [1.82, 2.24) is 19.7 Å². The Morgan fingerprint density at radius 3 is 2.56 bits per heavy atom. The lowest BCUT2D eigenvalue weighted by atomic mass is 10.4. The fourth-order valence-electron chi connectivity index (χ4n) is 1.12. The van der Waals surface area contributed by atoms with Crippen molar-refractivity contribution < 1.29 is 17.9 Å². The van der Waals surface area contributed by atoms with Gasteiger partial charge in [-0.2, -0.15) is 13.2 Å². The summed E-state index contributed by atoms with van der Waals surface area (Å²) in [5.74, 6) is -0.102. The minimum Gasteiger partial charge on any atom is -0.468 e. The van der Waals surface area contributed by atoms with Crippen molar-refractivity contribution in [2.24, 2.45) is 0 Å². The molecule has 0 N–H and O–H groups in total. The van der Waals surface area contributed by atoms with Gasteiger partial charge in [0.05, 0.1) is 11.9 Å². The lowest BCUT2D eigenvalue weighted by molar-refractivity contribution is -0.154. The average Bonchev–Trinajstić information content (AvgIpc) is 2.73. The third-order valence-electron chi connectivity index (χ3n) is 1.83. The zero-order valence-electron chi connectivity index (χ0n) is 8.73. The van der Waals surface area contributed by atoms with E-state index in [0.29, 0.717) is 10.4 Å². The van der Waals surface area contributed by atoms with Crippen molar-refractivity contribution in [3.8, 4) is 11.6 Å². The predicted octanol–water partition coefficient (Wildman–Crippen LogP) is 2.37. The molecule has 0 unspecified atom stereocenters. The second-order valence-electron chi connectivity index (χ2n) is 3.22. The second kappa shape index (κ2) is 4.92. The zero-order valence-corrected chi connectivity index (χ0v) is 10.3. The van der Waals surface area contributed by atoms with E-state index in [1.807, 2.05) is 0 Å². The van der Waals surface area contributed by atoms with Crippen molar-refractivity contribution >= 4 is 15.9 Å². The molecule has 0 bridgehead atoms. The Hall–Kier alpha value is -1.64. The molecule has 0 fully saturated rings. The summed E-state index contributed by atoms with van der Waals surface area (Å²) in [4.78, 5) is 7.59. The minimum atomic E-state index is -4.38. The van der Waals surface area contributed by atoms with Gasteiger partial charge in [0.1, 0.15) is 6.33 Å². The highest BCUT2D eigenvalue weighted by molar-refractivity contribution is 9.10. The van der Waals surface area contributed by atoms with Gasteiger partial charge in [-0.25, -0.2) is 14.6 Å². The van der Waals surface area contributed by atoms with Crippen molar-refractivity contribution in [3.63, 3.8) is 0 Å². The molecule has 0 saturated carbocycles. The van der Waals surface area contributed by atoms with E-state index in [0.717, 1.165) is 0 Å². The Morgan fingerprint density at radius 2 is 2.06 bits per heavy atom. The molecule has 9 heteroatoms. The molecule has 0 aliphatic carbocycles. The number of rotatable bonds is 3. The highest BCUT2D eigenvalue weighted by Crippen LogP contribution is 2.17. The fraction of sp³-hybridized carbons (Fsp3) is 0.222. The van der Waals surface area contributed by atoms with Crippen LogP contribution in [-0.4, -0.2) is 32.5 Å². The molecule has 18 heavy (non-hydrogen) atoms. The predicted molar refractivity (Wildman–Crippen MR) is 58.4 cm³/mol. The number of hydrogen-bond donors (Lipinski definition) is 0. The molecule has 0 aliphatic rings. The highest BCUT2D eigenvalue weighted by atomic mass is 79.9. The first-order valence-electron chi connectivity index (χ1n) is 4.67. The summed E-state index contributed by atoms with van der Waals surface area (Å²) in [6.07, 6.45) is -1.60. The molecule has 2 aromatic heterocycles. The Labute approximate surface area is 108 Å². The molecule has 0 aromatic carbocycles. The zero-order chi connectivity index (χ0) is 13.2. The van der Waals surface area contributed by atoms with Crippen molar-refractivity contribution in [2.75, 3.05) is 6.61 Å². The van der Waals surface area contributed by atoms with Crippen molar-refractivity contribution in [1.29, 1.82) is 0 Å². The van der Waals surface area contributed by atoms with Gasteiger partial charge >= 0.3 is 6.18 Å². The summed E-state index contributed by atoms with van der Waals surface area (Å²) in [7, 11) is 0. The molecule has 0 amide bonds. The van der Waals surface area contributed by atoms with E-state index >= 15 is 0 Å². The number of pyridine rings is 1. The first-order chi connectivity index (χ1) is 8.44. The molecule has 96 valence electrons. The molecule has 0 saturated heterocycles. The van der Waals surface area contributed by atoms with Gasteiger partial charge in [-0.1, -0.05) is 0 Å². The van der Waals surface area contributed by atoms with Crippen LogP contribution in [0.5, 0.6) is 5.88 Å². The van der Waals surface area contributed by atoms with Crippen molar-refractivity contribution in [3.05, 3.63) is 29.4 Å². The molecular weight excluding hydrogens is 317 g/mol. The van der Waals surface area contributed by atoms with Gasteiger partial charge in [-0.15, -0.1) is 5.10 Å². The first kappa shape index (κ1) is 12.8. The summed E-state index contributed by atoms with van der Waals surface area (Å²) in [6.45, 7) is -1.37. The van der Waals surface area contributed by atoms with Gasteiger partial charge < -0.3 is 4.74 Å². The van der Waals surface area contributed by atoms with E-state index in [9.17, 15) is 13.2 Å². The van der Waals surface area contributed by atoms with E-state index in [1.54, 1.807) is 0 Å². The van der Waals surface area contributed by atoms with E-state index < -0.39 is 12.8 Å². The van der Waals surface area contributed by atoms with Crippen LogP contribution in [0.15, 0.2) is 29.4 Å². The molecule has 5 nitrogen and oxygen atoms in total. The minimum absolute atomic E-state index is 0.102. The molecule has 0 aliphatic heterocycles. The average molecular weight is 323 g/mol. The maximum absolute atomic E-state index is 11.9. The molecule has 0 atom stereocenters. The third kappa shape index (κ3) is 3.42. The number of alkyl halides is 3. The fourth-order valence-corrected chi connectivity index (χ4v) is 1.38. The number of aromatic nitrogens is 4. The highest BCUT2D eigenvalue weighted by Gasteiger charge is 2.28. The normalized spacial score (nSPS) is 11.6. The lowest BCUT2D eigenvalue weighted by Crippen LogP contribution is -2.19.